The van der Waals surface area contributed by atoms with E-state index in [4.69, 9.17) is 4.74 Å². The standard InChI is InChI=1S/C11H14N4O/c1-4-5-6-11(16-3)10(2)7-13-15-9-12-8-14-15/h4-9H,2H2,1,3H3/b5-4-,11-6+,13-7-. The Balaban J connectivity index is 2.70. The molecule has 0 unspecified atom stereocenters. The summed E-state index contributed by atoms with van der Waals surface area (Å²) in [7, 11) is 1.59. The highest BCUT2D eigenvalue weighted by atomic mass is 16.5. The van der Waals surface area contributed by atoms with Crippen molar-refractivity contribution in [1.29, 1.82) is 0 Å². The van der Waals surface area contributed by atoms with Crippen molar-refractivity contribution in [3.05, 3.63) is 48.8 Å². The number of aromatic nitrogens is 3. The Hall–Kier alpha value is -2.17. The van der Waals surface area contributed by atoms with Gasteiger partial charge in [-0.05, 0) is 13.0 Å². The summed E-state index contributed by atoms with van der Waals surface area (Å²) in [5.74, 6) is 0.655. The van der Waals surface area contributed by atoms with Crippen LogP contribution in [0.1, 0.15) is 6.92 Å². The fourth-order valence-electron chi connectivity index (χ4n) is 0.944. The van der Waals surface area contributed by atoms with Gasteiger partial charge in [0.15, 0.2) is 0 Å². The lowest BCUT2D eigenvalue weighted by atomic mass is 10.2. The van der Waals surface area contributed by atoms with E-state index in [1.165, 1.54) is 17.4 Å². The molecule has 84 valence electrons. The third-order valence-corrected chi connectivity index (χ3v) is 1.71. The summed E-state index contributed by atoms with van der Waals surface area (Å²) in [5.41, 5.74) is 0.663. The average Bonchev–Trinajstić information content (AvgIpc) is 2.80. The molecular formula is C11H14N4O. The van der Waals surface area contributed by atoms with Crippen LogP contribution < -0.4 is 0 Å². The van der Waals surface area contributed by atoms with Gasteiger partial charge in [0.2, 0.25) is 0 Å². The second-order valence-electron chi connectivity index (χ2n) is 2.85. The fourth-order valence-corrected chi connectivity index (χ4v) is 0.944. The molecule has 5 nitrogen and oxygen atoms in total. The second kappa shape index (κ2) is 6.34. The van der Waals surface area contributed by atoms with Gasteiger partial charge in [-0.25, -0.2) is 4.98 Å². The molecule has 1 aromatic rings. The van der Waals surface area contributed by atoms with E-state index in [-0.39, 0.29) is 0 Å². The molecule has 0 spiro atoms. The van der Waals surface area contributed by atoms with E-state index in [2.05, 4.69) is 21.8 Å². The molecule has 16 heavy (non-hydrogen) atoms. The number of methoxy groups -OCH3 is 1. The molecule has 0 fully saturated rings. The first-order valence-electron chi connectivity index (χ1n) is 4.73. The normalized spacial score (nSPS) is 12.5. The zero-order valence-electron chi connectivity index (χ0n) is 9.37. The van der Waals surface area contributed by atoms with Gasteiger partial charge in [0.05, 0.1) is 13.3 Å². The summed E-state index contributed by atoms with van der Waals surface area (Å²) in [5, 5.41) is 7.84. The van der Waals surface area contributed by atoms with Gasteiger partial charge in [0.25, 0.3) is 0 Å². The molecule has 0 N–H and O–H groups in total. The molecule has 0 saturated carbocycles. The van der Waals surface area contributed by atoms with E-state index in [9.17, 15) is 0 Å². The molecule has 0 aliphatic carbocycles. The molecule has 0 atom stereocenters. The van der Waals surface area contributed by atoms with Crippen molar-refractivity contribution in [3.8, 4) is 0 Å². The van der Waals surface area contributed by atoms with Crippen LogP contribution in [0.4, 0.5) is 0 Å². The van der Waals surface area contributed by atoms with E-state index >= 15 is 0 Å². The van der Waals surface area contributed by atoms with Crippen molar-refractivity contribution in [3.63, 3.8) is 0 Å². The SMILES string of the molecule is C=C(/C=N\n1cncn1)/C(=C\C=C/C)OC. The highest BCUT2D eigenvalue weighted by molar-refractivity contribution is 5.82. The number of hydrogen-bond donors (Lipinski definition) is 0. The Morgan fingerprint density at radius 1 is 1.56 bits per heavy atom. The van der Waals surface area contributed by atoms with Crippen molar-refractivity contribution < 1.29 is 4.74 Å². The molecule has 1 rings (SSSR count). The van der Waals surface area contributed by atoms with Crippen LogP contribution in [-0.2, 0) is 4.74 Å². The molecule has 0 radical (unpaired) electrons. The van der Waals surface area contributed by atoms with E-state index in [1.54, 1.807) is 13.3 Å². The van der Waals surface area contributed by atoms with Gasteiger partial charge in [-0.15, -0.1) is 9.89 Å². The predicted molar refractivity (Wildman–Crippen MR) is 63.0 cm³/mol. The first kappa shape index (κ1) is 11.9. The fraction of sp³-hybridized carbons (Fsp3) is 0.182. The topological polar surface area (TPSA) is 52.3 Å². The van der Waals surface area contributed by atoms with Gasteiger partial charge < -0.3 is 4.74 Å². The van der Waals surface area contributed by atoms with Gasteiger partial charge in [0.1, 0.15) is 18.4 Å². The molecule has 0 aliphatic heterocycles. The Labute approximate surface area is 94.5 Å². The van der Waals surface area contributed by atoms with Gasteiger partial charge in [-0.1, -0.05) is 18.7 Å². The van der Waals surface area contributed by atoms with Gasteiger partial charge >= 0.3 is 0 Å². The van der Waals surface area contributed by atoms with Gasteiger partial charge in [-0.3, -0.25) is 0 Å². The molecule has 1 aromatic heterocycles. The van der Waals surface area contributed by atoms with E-state index in [1.807, 2.05) is 25.2 Å². The van der Waals surface area contributed by atoms with Crippen LogP contribution >= 0.6 is 0 Å². The van der Waals surface area contributed by atoms with Crippen LogP contribution in [-0.4, -0.2) is 28.2 Å². The van der Waals surface area contributed by atoms with Crippen LogP contribution in [0.25, 0.3) is 0 Å². The average molecular weight is 218 g/mol. The summed E-state index contributed by atoms with van der Waals surface area (Å²) >= 11 is 0. The largest absolute Gasteiger partial charge is 0.496 e. The molecule has 0 bridgehead atoms. The van der Waals surface area contributed by atoms with Crippen molar-refractivity contribution in [2.75, 3.05) is 7.11 Å². The number of nitrogens with zero attached hydrogens (tertiary/aromatic N) is 4. The van der Waals surface area contributed by atoms with Crippen LogP contribution in [0.15, 0.2) is 53.9 Å². The van der Waals surface area contributed by atoms with Crippen LogP contribution in [0, 0.1) is 0 Å². The Morgan fingerprint density at radius 3 is 2.94 bits per heavy atom. The number of allylic oxidation sites excluding steroid dienone is 4. The molecule has 0 aliphatic rings. The monoisotopic (exact) mass is 218 g/mol. The van der Waals surface area contributed by atoms with Crippen LogP contribution in [0.3, 0.4) is 0 Å². The second-order valence-corrected chi connectivity index (χ2v) is 2.85. The molecule has 0 aromatic carbocycles. The first-order valence-corrected chi connectivity index (χ1v) is 4.73. The Bertz CT molecular complexity index is 415. The maximum atomic E-state index is 5.16. The number of hydrogen-bond acceptors (Lipinski definition) is 4. The zero-order valence-corrected chi connectivity index (χ0v) is 9.37. The zero-order chi connectivity index (χ0) is 11.8. The molecule has 5 heteroatoms. The minimum Gasteiger partial charge on any atom is -0.496 e. The number of rotatable bonds is 5. The third kappa shape index (κ3) is 3.53. The lowest BCUT2D eigenvalue weighted by Crippen LogP contribution is -1.95. The maximum Gasteiger partial charge on any atom is 0.139 e. The molecule has 0 saturated heterocycles. The van der Waals surface area contributed by atoms with Gasteiger partial charge in [-0.2, -0.15) is 5.10 Å². The minimum absolute atomic E-state index is 0.655. The maximum absolute atomic E-state index is 5.16. The van der Waals surface area contributed by atoms with E-state index in [0.29, 0.717) is 11.3 Å². The summed E-state index contributed by atoms with van der Waals surface area (Å²) in [6.07, 6.45) is 10.1. The third-order valence-electron chi connectivity index (χ3n) is 1.71. The van der Waals surface area contributed by atoms with Gasteiger partial charge in [0, 0.05) is 5.57 Å². The molecule has 0 amide bonds. The summed E-state index contributed by atoms with van der Waals surface area (Å²) < 4.78 is 5.16. The minimum atomic E-state index is 0.655. The summed E-state index contributed by atoms with van der Waals surface area (Å²) in [6, 6.07) is 0. The van der Waals surface area contributed by atoms with E-state index in [0.717, 1.165) is 0 Å². The van der Waals surface area contributed by atoms with Crippen LogP contribution in [0.5, 0.6) is 0 Å². The van der Waals surface area contributed by atoms with Crippen LogP contribution in [0.2, 0.25) is 0 Å². The number of ether oxygens (including phenoxy) is 1. The molecular weight excluding hydrogens is 204 g/mol. The van der Waals surface area contributed by atoms with Crippen molar-refractivity contribution >= 4 is 6.21 Å². The highest BCUT2D eigenvalue weighted by Gasteiger charge is 1.98. The van der Waals surface area contributed by atoms with Crippen molar-refractivity contribution in [1.82, 2.24) is 14.9 Å². The Kier molecular flexibility index (Phi) is 4.72. The lowest BCUT2D eigenvalue weighted by Gasteiger charge is -2.03. The van der Waals surface area contributed by atoms with Crippen molar-refractivity contribution in [2.45, 2.75) is 6.92 Å². The smallest absolute Gasteiger partial charge is 0.139 e. The highest BCUT2D eigenvalue weighted by Crippen LogP contribution is 2.06. The van der Waals surface area contributed by atoms with Crippen molar-refractivity contribution in [2.24, 2.45) is 5.10 Å². The first-order chi connectivity index (χ1) is 7.77. The molecule has 1 heterocycles. The predicted octanol–water partition coefficient (Wildman–Crippen LogP) is 1.77. The van der Waals surface area contributed by atoms with E-state index < -0.39 is 0 Å². The quantitative estimate of drug-likeness (QED) is 0.430. The summed E-state index contributed by atoms with van der Waals surface area (Å²) in [6.45, 7) is 5.77. The lowest BCUT2D eigenvalue weighted by molar-refractivity contribution is 0.304. The summed E-state index contributed by atoms with van der Waals surface area (Å²) in [4.78, 5) is 5.11. The Morgan fingerprint density at radius 2 is 2.38 bits per heavy atom.